The van der Waals surface area contributed by atoms with Crippen molar-refractivity contribution in [1.82, 2.24) is 24.5 Å². The highest BCUT2D eigenvalue weighted by Gasteiger charge is 2.45. The zero-order valence-electron chi connectivity index (χ0n) is 14.9. The molecule has 11 heteroatoms. The highest BCUT2D eigenvalue weighted by Crippen LogP contribution is 2.30. The monoisotopic (exact) mass is 386 g/mol. The average molecular weight is 386 g/mol. The van der Waals surface area contributed by atoms with Crippen molar-refractivity contribution in [2.75, 3.05) is 51.2 Å². The van der Waals surface area contributed by atoms with Crippen molar-refractivity contribution in [1.29, 1.82) is 0 Å². The van der Waals surface area contributed by atoms with Crippen LogP contribution in [0.15, 0.2) is 12.4 Å². The molecule has 0 spiro atoms. The Labute approximate surface area is 154 Å². The minimum Gasteiger partial charge on any atom is -0.332 e. The van der Waals surface area contributed by atoms with Crippen molar-refractivity contribution in [3.8, 4) is 0 Å². The van der Waals surface area contributed by atoms with Crippen LogP contribution in [-0.2, 0) is 4.79 Å². The Balaban J connectivity index is 1.33. The number of carbonyl (C=O) groups is 2. The van der Waals surface area contributed by atoms with Gasteiger partial charge in [-0.05, 0) is 6.42 Å². The number of carbonyl (C=O) groups excluding carboxylic acids is 2. The van der Waals surface area contributed by atoms with E-state index in [-0.39, 0.29) is 18.6 Å². The van der Waals surface area contributed by atoms with Gasteiger partial charge in [-0.3, -0.25) is 19.3 Å². The molecular weight excluding hydrogens is 365 g/mol. The van der Waals surface area contributed by atoms with E-state index in [1.165, 1.54) is 0 Å². The van der Waals surface area contributed by atoms with Gasteiger partial charge in [0.05, 0.1) is 24.0 Å². The van der Waals surface area contributed by atoms with Gasteiger partial charge in [0.15, 0.2) is 0 Å². The number of likely N-dealkylation sites (N-methyl/N-ethyl adjacent to an activating group) is 1. The highest BCUT2D eigenvalue weighted by atomic mass is 19.4. The topological polar surface area (TPSA) is 64.9 Å². The molecule has 27 heavy (non-hydrogen) atoms. The van der Waals surface area contributed by atoms with Crippen LogP contribution >= 0.6 is 0 Å². The third kappa shape index (κ3) is 3.35. The molecular formula is C16H21F3N6O2. The molecule has 3 amide bonds. The van der Waals surface area contributed by atoms with Gasteiger partial charge in [0.1, 0.15) is 6.54 Å². The van der Waals surface area contributed by atoms with E-state index in [1.807, 2.05) is 11.1 Å². The van der Waals surface area contributed by atoms with Gasteiger partial charge in [0.25, 0.3) is 0 Å². The number of urea groups is 1. The molecule has 3 fully saturated rings. The van der Waals surface area contributed by atoms with Gasteiger partial charge < -0.3 is 9.80 Å². The predicted molar refractivity (Wildman–Crippen MR) is 89.2 cm³/mol. The van der Waals surface area contributed by atoms with Gasteiger partial charge in [-0.2, -0.15) is 18.3 Å². The molecule has 0 N–H and O–H groups in total. The Hall–Kier alpha value is -2.30. The number of amides is 3. The van der Waals surface area contributed by atoms with Gasteiger partial charge in [-0.25, -0.2) is 4.79 Å². The quantitative estimate of drug-likeness (QED) is 0.767. The fourth-order valence-electron chi connectivity index (χ4n) is 3.90. The second-order valence-electron chi connectivity index (χ2n) is 7.32. The summed E-state index contributed by atoms with van der Waals surface area (Å²) in [6.07, 6.45) is -0.494. The Kier molecular flexibility index (Phi) is 4.28. The standard InChI is InChI=1S/C16H21F3N6O2/c1-21-4-5-24(15(21)27)11-6-20-25(9-11)12-7-23(8-12)13-2-3-22(14(13)26)10-16(17,18)19/h6,9,12-13H,2-5,7-8,10H2,1H3. The van der Waals surface area contributed by atoms with E-state index in [2.05, 4.69) is 5.10 Å². The molecule has 1 unspecified atom stereocenters. The second kappa shape index (κ2) is 6.39. The molecule has 148 valence electrons. The SMILES string of the molecule is CN1CCN(c2cnn(C3CN(C4CCN(CC(F)(F)F)C4=O)C3)c2)C1=O. The van der Waals surface area contributed by atoms with Crippen LogP contribution in [-0.4, -0.2) is 95.0 Å². The molecule has 3 aliphatic rings. The maximum absolute atomic E-state index is 12.5. The number of anilines is 1. The van der Waals surface area contributed by atoms with Gasteiger partial charge in [-0.1, -0.05) is 0 Å². The van der Waals surface area contributed by atoms with Crippen molar-refractivity contribution in [3.63, 3.8) is 0 Å². The fourth-order valence-corrected chi connectivity index (χ4v) is 3.90. The number of alkyl halides is 3. The normalized spacial score (nSPS) is 25.0. The van der Waals surface area contributed by atoms with Gasteiger partial charge in [-0.15, -0.1) is 0 Å². The molecule has 0 aliphatic carbocycles. The van der Waals surface area contributed by atoms with Crippen molar-refractivity contribution >= 4 is 17.6 Å². The van der Waals surface area contributed by atoms with E-state index in [0.29, 0.717) is 32.6 Å². The smallest absolute Gasteiger partial charge is 0.332 e. The van der Waals surface area contributed by atoms with Gasteiger partial charge in [0, 0.05) is 46.0 Å². The molecule has 4 heterocycles. The van der Waals surface area contributed by atoms with Crippen LogP contribution in [0.1, 0.15) is 12.5 Å². The van der Waals surface area contributed by atoms with Crippen molar-refractivity contribution < 1.29 is 22.8 Å². The van der Waals surface area contributed by atoms with Crippen LogP contribution in [0.4, 0.5) is 23.7 Å². The van der Waals surface area contributed by atoms with Crippen molar-refractivity contribution in [2.24, 2.45) is 0 Å². The zero-order valence-corrected chi connectivity index (χ0v) is 14.9. The van der Waals surface area contributed by atoms with E-state index < -0.39 is 24.7 Å². The number of aromatic nitrogens is 2. The Morgan fingerprint density at radius 2 is 1.93 bits per heavy atom. The number of hydrogen-bond donors (Lipinski definition) is 0. The fraction of sp³-hybridized carbons (Fsp3) is 0.688. The summed E-state index contributed by atoms with van der Waals surface area (Å²) >= 11 is 0. The number of nitrogens with zero attached hydrogens (tertiary/aromatic N) is 6. The summed E-state index contributed by atoms with van der Waals surface area (Å²) in [4.78, 5) is 30.4. The third-order valence-electron chi connectivity index (χ3n) is 5.46. The van der Waals surface area contributed by atoms with Gasteiger partial charge in [0.2, 0.25) is 5.91 Å². The van der Waals surface area contributed by atoms with Crippen LogP contribution in [0.3, 0.4) is 0 Å². The summed E-state index contributed by atoms with van der Waals surface area (Å²) in [5.74, 6) is -0.447. The zero-order chi connectivity index (χ0) is 19.3. The van der Waals surface area contributed by atoms with Crippen molar-refractivity contribution in [2.45, 2.75) is 24.7 Å². The lowest BCUT2D eigenvalue weighted by atomic mass is 10.0. The average Bonchev–Trinajstić information content (AvgIpc) is 3.22. The Morgan fingerprint density at radius 1 is 1.19 bits per heavy atom. The summed E-state index contributed by atoms with van der Waals surface area (Å²) in [6, 6.07) is -0.489. The molecule has 0 saturated carbocycles. The van der Waals surface area contributed by atoms with Crippen LogP contribution in [0.2, 0.25) is 0 Å². The van der Waals surface area contributed by atoms with Gasteiger partial charge >= 0.3 is 12.2 Å². The summed E-state index contributed by atoms with van der Waals surface area (Å²) < 4.78 is 39.3. The summed E-state index contributed by atoms with van der Waals surface area (Å²) in [7, 11) is 1.75. The number of hydrogen-bond acceptors (Lipinski definition) is 4. The largest absolute Gasteiger partial charge is 0.406 e. The lowest BCUT2D eigenvalue weighted by molar-refractivity contribution is -0.159. The first-order valence-electron chi connectivity index (χ1n) is 8.89. The van der Waals surface area contributed by atoms with E-state index in [0.717, 1.165) is 10.6 Å². The van der Waals surface area contributed by atoms with E-state index in [4.69, 9.17) is 0 Å². The second-order valence-corrected chi connectivity index (χ2v) is 7.32. The summed E-state index contributed by atoms with van der Waals surface area (Å²) in [5, 5.41) is 4.32. The Morgan fingerprint density at radius 3 is 2.56 bits per heavy atom. The molecule has 0 bridgehead atoms. The van der Waals surface area contributed by atoms with Crippen LogP contribution in [0.5, 0.6) is 0 Å². The molecule has 3 aliphatic heterocycles. The van der Waals surface area contributed by atoms with E-state index in [1.54, 1.807) is 27.7 Å². The maximum atomic E-state index is 12.5. The first kappa shape index (κ1) is 18.1. The Bertz CT molecular complexity index is 745. The molecule has 0 radical (unpaired) electrons. The highest BCUT2D eigenvalue weighted by molar-refractivity contribution is 5.93. The number of likely N-dealkylation sites (tertiary alicyclic amines) is 2. The van der Waals surface area contributed by atoms with Crippen LogP contribution in [0.25, 0.3) is 0 Å². The first-order valence-corrected chi connectivity index (χ1v) is 8.89. The molecule has 4 rings (SSSR count). The molecule has 1 aromatic heterocycles. The predicted octanol–water partition coefficient (Wildman–Crippen LogP) is 0.775. The molecule has 8 nitrogen and oxygen atoms in total. The minimum atomic E-state index is -4.37. The molecule has 0 aromatic carbocycles. The first-order chi connectivity index (χ1) is 12.7. The molecule has 1 aromatic rings. The van der Waals surface area contributed by atoms with Crippen LogP contribution in [0, 0.1) is 0 Å². The maximum Gasteiger partial charge on any atom is 0.406 e. The van der Waals surface area contributed by atoms with Crippen molar-refractivity contribution in [3.05, 3.63) is 12.4 Å². The van der Waals surface area contributed by atoms with E-state index >= 15 is 0 Å². The number of halogens is 3. The van der Waals surface area contributed by atoms with E-state index in [9.17, 15) is 22.8 Å². The van der Waals surface area contributed by atoms with Crippen LogP contribution < -0.4 is 4.90 Å². The molecule has 3 saturated heterocycles. The summed E-state index contributed by atoms with van der Waals surface area (Å²) in [6.45, 7) is 1.36. The number of rotatable bonds is 4. The lowest BCUT2D eigenvalue weighted by Gasteiger charge is -2.42. The third-order valence-corrected chi connectivity index (χ3v) is 5.46. The lowest BCUT2D eigenvalue weighted by Crippen LogP contribution is -2.55. The molecule has 1 atom stereocenters. The minimum absolute atomic E-state index is 0.0543. The summed E-state index contributed by atoms with van der Waals surface area (Å²) in [5.41, 5.74) is 0.732.